The number of likely N-dealkylation sites (tertiary alicyclic amines) is 1. The van der Waals surface area contributed by atoms with Crippen LogP contribution < -0.4 is 5.73 Å². The molecular weight excluding hydrogens is 448 g/mol. The second kappa shape index (κ2) is 8.40. The normalized spacial score (nSPS) is 22.3. The van der Waals surface area contributed by atoms with Crippen molar-refractivity contribution in [3.8, 4) is 22.5 Å². The van der Waals surface area contributed by atoms with E-state index in [9.17, 15) is 5.11 Å². The smallest absolute Gasteiger partial charge is 0.150 e. The molecule has 4 heterocycles. The molecule has 7 nitrogen and oxygen atoms in total. The van der Waals surface area contributed by atoms with Crippen LogP contribution in [0.25, 0.3) is 38.9 Å². The molecule has 0 radical (unpaired) electrons. The van der Waals surface area contributed by atoms with Gasteiger partial charge in [-0.05, 0) is 31.4 Å². The van der Waals surface area contributed by atoms with Crippen LogP contribution >= 0.6 is 0 Å². The van der Waals surface area contributed by atoms with Gasteiger partial charge in [-0.3, -0.25) is 9.30 Å². The molecule has 1 aliphatic heterocycles. The highest BCUT2D eigenvalue weighted by Gasteiger charge is 2.39. The summed E-state index contributed by atoms with van der Waals surface area (Å²) in [6.07, 6.45) is 6.51. The number of rotatable bonds is 4. The van der Waals surface area contributed by atoms with Gasteiger partial charge in [0, 0.05) is 54.0 Å². The standard InChI is InChI=1S/C29H28N6O/c30-28-27-26(20-7-6-19-8-9-24(32-25(19)16-20)18-4-2-1-3-5-18)33-29(35(27)13-11-31-28)21-14-22(15-21)34-12-10-23(36)17-34/h1-9,11,13,16,21-23,36H,10,12,14-15,17H2,(H2,30,31)/t21-,22+,23-/m1/s1. The number of fused-ring (bicyclic) bond motifs is 2. The lowest BCUT2D eigenvalue weighted by atomic mass is 9.79. The molecule has 0 amide bonds. The van der Waals surface area contributed by atoms with Gasteiger partial charge in [-0.1, -0.05) is 48.5 Å². The zero-order valence-electron chi connectivity index (χ0n) is 20.0. The number of benzene rings is 2. The maximum atomic E-state index is 9.93. The van der Waals surface area contributed by atoms with Crippen LogP contribution in [-0.2, 0) is 0 Å². The van der Waals surface area contributed by atoms with Crippen LogP contribution in [0, 0.1) is 0 Å². The topological polar surface area (TPSA) is 92.6 Å². The lowest BCUT2D eigenvalue weighted by molar-refractivity contribution is 0.107. The van der Waals surface area contributed by atoms with Crippen LogP contribution in [0.4, 0.5) is 5.82 Å². The molecule has 2 aromatic carbocycles. The average molecular weight is 477 g/mol. The predicted octanol–water partition coefficient (Wildman–Crippen LogP) is 4.51. The highest BCUT2D eigenvalue weighted by Crippen LogP contribution is 2.42. The van der Waals surface area contributed by atoms with E-state index >= 15 is 0 Å². The Hall–Kier alpha value is -3.81. The van der Waals surface area contributed by atoms with E-state index in [0.29, 0.717) is 17.8 Å². The molecule has 36 heavy (non-hydrogen) atoms. The Morgan fingerprint density at radius 2 is 1.78 bits per heavy atom. The monoisotopic (exact) mass is 476 g/mol. The Labute approximate surface area is 209 Å². The Kier molecular flexibility index (Phi) is 5.01. The number of nitrogens with zero attached hydrogens (tertiary/aromatic N) is 5. The second-order valence-corrected chi connectivity index (χ2v) is 10.1. The van der Waals surface area contributed by atoms with Crippen molar-refractivity contribution in [2.75, 3.05) is 18.8 Å². The van der Waals surface area contributed by atoms with Gasteiger partial charge in [0.15, 0.2) is 0 Å². The molecule has 180 valence electrons. The van der Waals surface area contributed by atoms with Gasteiger partial charge in [0.1, 0.15) is 22.9 Å². The number of nitrogen functional groups attached to an aromatic ring is 1. The van der Waals surface area contributed by atoms with Gasteiger partial charge in [0.05, 0.1) is 17.3 Å². The number of hydrogen-bond donors (Lipinski definition) is 2. The summed E-state index contributed by atoms with van der Waals surface area (Å²) in [5, 5.41) is 11.0. The summed E-state index contributed by atoms with van der Waals surface area (Å²) in [6, 6.07) is 21.2. The highest BCUT2D eigenvalue weighted by molar-refractivity contribution is 5.91. The summed E-state index contributed by atoms with van der Waals surface area (Å²) in [7, 11) is 0. The summed E-state index contributed by atoms with van der Waals surface area (Å²) in [5.41, 5.74) is 12.1. The summed E-state index contributed by atoms with van der Waals surface area (Å²) in [4.78, 5) is 16.9. The maximum absolute atomic E-state index is 9.93. The van der Waals surface area contributed by atoms with E-state index in [2.05, 4.69) is 56.7 Å². The molecule has 1 saturated carbocycles. The minimum Gasteiger partial charge on any atom is -0.392 e. The van der Waals surface area contributed by atoms with Crippen molar-refractivity contribution in [1.29, 1.82) is 0 Å². The molecule has 0 bridgehead atoms. The van der Waals surface area contributed by atoms with Crippen molar-refractivity contribution in [2.24, 2.45) is 0 Å². The van der Waals surface area contributed by atoms with Crippen LogP contribution in [0.1, 0.15) is 31.0 Å². The first-order valence-electron chi connectivity index (χ1n) is 12.7. The third-order valence-electron chi connectivity index (χ3n) is 7.83. The minimum absolute atomic E-state index is 0.183. The van der Waals surface area contributed by atoms with Crippen molar-refractivity contribution in [2.45, 2.75) is 37.3 Å². The van der Waals surface area contributed by atoms with Crippen LogP contribution in [0.15, 0.2) is 73.1 Å². The number of aromatic nitrogens is 4. The van der Waals surface area contributed by atoms with Gasteiger partial charge in [-0.25, -0.2) is 15.0 Å². The molecule has 1 aliphatic carbocycles. The summed E-state index contributed by atoms with van der Waals surface area (Å²) in [5.74, 6) is 1.88. The highest BCUT2D eigenvalue weighted by atomic mass is 16.3. The van der Waals surface area contributed by atoms with E-state index in [1.54, 1.807) is 6.20 Å². The van der Waals surface area contributed by atoms with Crippen molar-refractivity contribution < 1.29 is 5.11 Å². The maximum Gasteiger partial charge on any atom is 0.150 e. The van der Waals surface area contributed by atoms with Crippen molar-refractivity contribution >= 4 is 22.2 Å². The van der Waals surface area contributed by atoms with E-state index in [4.69, 9.17) is 15.7 Å². The van der Waals surface area contributed by atoms with Gasteiger partial charge in [-0.2, -0.15) is 0 Å². The quantitative estimate of drug-likeness (QED) is 0.397. The van der Waals surface area contributed by atoms with E-state index < -0.39 is 0 Å². The van der Waals surface area contributed by atoms with E-state index in [0.717, 1.165) is 77.1 Å². The number of anilines is 1. The minimum atomic E-state index is -0.183. The average Bonchev–Trinajstić information content (AvgIpc) is 3.48. The van der Waals surface area contributed by atoms with Crippen LogP contribution in [0.5, 0.6) is 0 Å². The first-order chi connectivity index (χ1) is 17.6. The Balaban J connectivity index is 1.27. The third kappa shape index (κ3) is 3.54. The third-order valence-corrected chi connectivity index (χ3v) is 7.83. The van der Waals surface area contributed by atoms with Gasteiger partial charge in [-0.15, -0.1) is 0 Å². The summed E-state index contributed by atoms with van der Waals surface area (Å²) >= 11 is 0. The van der Waals surface area contributed by atoms with Gasteiger partial charge in [0.2, 0.25) is 0 Å². The van der Waals surface area contributed by atoms with Crippen molar-refractivity contribution in [1.82, 2.24) is 24.3 Å². The number of aliphatic hydroxyl groups is 1. The zero-order chi connectivity index (χ0) is 24.2. The molecule has 0 spiro atoms. The lowest BCUT2D eigenvalue weighted by Gasteiger charge is -2.40. The summed E-state index contributed by atoms with van der Waals surface area (Å²) in [6.45, 7) is 1.77. The second-order valence-electron chi connectivity index (χ2n) is 10.1. The number of nitrogens with two attached hydrogens (primary N) is 1. The fourth-order valence-electron chi connectivity index (χ4n) is 5.81. The molecule has 2 aliphatic rings. The molecule has 7 heteroatoms. The fourth-order valence-corrected chi connectivity index (χ4v) is 5.81. The van der Waals surface area contributed by atoms with Crippen LogP contribution in [0.2, 0.25) is 0 Å². The number of aliphatic hydroxyl groups excluding tert-OH is 1. The Morgan fingerprint density at radius 1 is 0.944 bits per heavy atom. The molecule has 1 saturated heterocycles. The Morgan fingerprint density at radius 3 is 2.58 bits per heavy atom. The van der Waals surface area contributed by atoms with E-state index in [1.165, 1.54) is 0 Å². The molecular formula is C29H28N6O. The first-order valence-corrected chi connectivity index (χ1v) is 12.7. The van der Waals surface area contributed by atoms with Gasteiger partial charge < -0.3 is 10.8 Å². The number of hydrogen-bond acceptors (Lipinski definition) is 6. The number of pyridine rings is 1. The van der Waals surface area contributed by atoms with Crippen molar-refractivity contribution in [3.05, 3.63) is 78.9 Å². The van der Waals surface area contributed by atoms with Crippen LogP contribution in [-0.4, -0.2) is 54.6 Å². The molecule has 1 atom stereocenters. The Bertz CT molecular complexity index is 1570. The number of imidazole rings is 1. The van der Waals surface area contributed by atoms with E-state index in [1.807, 2.05) is 24.4 Å². The van der Waals surface area contributed by atoms with Crippen LogP contribution in [0.3, 0.4) is 0 Å². The molecule has 7 rings (SSSR count). The summed E-state index contributed by atoms with van der Waals surface area (Å²) < 4.78 is 2.12. The van der Waals surface area contributed by atoms with E-state index in [-0.39, 0.29) is 6.10 Å². The molecule has 3 aromatic heterocycles. The molecule has 3 N–H and O–H groups in total. The first kappa shape index (κ1) is 21.5. The SMILES string of the molecule is Nc1nccn2c1c(-c1ccc3ccc(-c4ccccc4)nc3c1)nc2[C@H]1C[C@@H](N2CC[C@@H](O)C2)C1. The molecule has 0 unspecified atom stereocenters. The van der Waals surface area contributed by atoms with Gasteiger partial charge in [0.25, 0.3) is 0 Å². The largest absolute Gasteiger partial charge is 0.392 e. The predicted molar refractivity (Wildman–Crippen MR) is 142 cm³/mol. The lowest BCUT2D eigenvalue weighted by Crippen LogP contribution is -2.43. The van der Waals surface area contributed by atoms with Gasteiger partial charge >= 0.3 is 0 Å². The fraction of sp³-hybridized carbons (Fsp3) is 0.276. The van der Waals surface area contributed by atoms with Crippen molar-refractivity contribution in [3.63, 3.8) is 0 Å². The molecule has 5 aromatic rings. The number of β-amino-alcohol motifs (C(OH)–C–C–N with tert-alkyl or cyclic N) is 1. The molecule has 2 fully saturated rings. The zero-order valence-corrected chi connectivity index (χ0v) is 20.0.